The van der Waals surface area contributed by atoms with Crippen molar-refractivity contribution in [3.63, 3.8) is 0 Å². The Labute approximate surface area is 107 Å². The number of nitrogens with one attached hydrogen (secondary N) is 1. The van der Waals surface area contributed by atoms with Crippen molar-refractivity contribution in [2.24, 2.45) is 0 Å². The molecule has 0 aromatic heterocycles. The molecular formula is C13H18N2O3. The molecule has 0 atom stereocenters. The number of rotatable bonds is 3. The average Bonchev–Trinajstić information content (AvgIpc) is 2.52. The van der Waals surface area contributed by atoms with Crippen molar-refractivity contribution in [1.82, 2.24) is 10.4 Å². The second kappa shape index (κ2) is 5.73. The van der Waals surface area contributed by atoms with Gasteiger partial charge < -0.3 is 9.47 Å². The molecule has 1 aromatic rings. The summed E-state index contributed by atoms with van der Waals surface area (Å²) in [5.41, 5.74) is 3.62. The topological polar surface area (TPSA) is 50.8 Å². The molecule has 18 heavy (non-hydrogen) atoms. The number of carbonyl (C=O) groups excluding carboxylic acids is 1. The quantitative estimate of drug-likeness (QED) is 0.813. The van der Waals surface area contributed by atoms with Gasteiger partial charge in [0.25, 0.3) is 0 Å². The number of nitrogens with zero attached hydrogens (tertiary/aromatic N) is 1. The Morgan fingerprint density at radius 3 is 2.72 bits per heavy atom. The van der Waals surface area contributed by atoms with E-state index in [0.29, 0.717) is 19.6 Å². The van der Waals surface area contributed by atoms with Crippen molar-refractivity contribution in [1.29, 1.82) is 0 Å². The van der Waals surface area contributed by atoms with Crippen LogP contribution in [0.15, 0.2) is 18.2 Å². The van der Waals surface area contributed by atoms with Crippen LogP contribution in [-0.4, -0.2) is 38.2 Å². The molecular weight excluding hydrogens is 232 g/mol. The standard InChI is InChI=1S/C13H18N2O3/c1-15(2)14-13(16)9-10-4-5-11-12(8-10)18-7-3-6-17-11/h4-5,8H,3,6-7,9H2,1-2H3,(H,14,16). The first kappa shape index (κ1) is 12.7. The minimum Gasteiger partial charge on any atom is -0.490 e. The van der Waals surface area contributed by atoms with E-state index in [4.69, 9.17) is 9.47 Å². The second-order valence-corrected chi connectivity index (χ2v) is 4.44. The minimum atomic E-state index is -0.0468. The van der Waals surface area contributed by atoms with Crippen LogP contribution >= 0.6 is 0 Å². The average molecular weight is 250 g/mol. The SMILES string of the molecule is CN(C)NC(=O)Cc1ccc2c(c1)OCCCO2. The maximum Gasteiger partial charge on any atom is 0.238 e. The lowest BCUT2D eigenvalue weighted by Gasteiger charge is -2.12. The second-order valence-electron chi connectivity index (χ2n) is 4.44. The molecule has 1 amide bonds. The Morgan fingerprint density at radius 2 is 2.00 bits per heavy atom. The van der Waals surface area contributed by atoms with Crippen LogP contribution < -0.4 is 14.9 Å². The van der Waals surface area contributed by atoms with Gasteiger partial charge in [0.05, 0.1) is 19.6 Å². The highest BCUT2D eigenvalue weighted by molar-refractivity contribution is 5.78. The summed E-state index contributed by atoms with van der Waals surface area (Å²) in [6.45, 7) is 1.33. The number of hydrazine groups is 1. The van der Waals surface area contributed by atoms with E-state index in [1.54, 1.807) is 19.1 Å². The summed E-state index contributed by atoms with van der Waals surface area (Å²) in [6, 6.07) is 5.62. The third-order valence-electron chi connectivity index (χ3n) is 2.52. The summed E-state index contributed by atoms with van der Waals surface area (Å²) in [5, 5.41) is 1.63. The van der Waals surface area contributed by atoms with Crippen molar-refractivity contribution in [2.45, 2.75) is 12.8 Å². The van der Waals surface area contributed by atoms with Crippen LogP contribution in [0.2, 0.25) is 0 Å². The van der Waals surface area contributed by atoms with Gasteiger partial charge in [-0.15, -0.1) is 0 Å². The molecule has 0 aliphatic carbocycles. The molecule has 0 saturated heterocycles. The van der Waals surface area contributed by atoms with Gasteiger partial charge in [0.15, 0.2) is 11.5 Å². The molecule has 0 saturated carbocycles. The molecule has 1 N–H and O–H groups in total. The molecule has 1 heterocycles. The third-order valence-corrected chi connectivity index (χ3v) is 2.52. The fraction of sp³-hybridized carbons (Fsp3) is 0.462. The zero-order chi connectivity index (χ0) is 13.0. The number of hydrogen-bond acceptors (Lipinski definition) is 4. The Balaban J connectivity index is 2.06. The van der Waals surface area contributed by atoms with E-state index < -0.39 is 0 Å². The molecule has 2 rings (SSSR count). The first-order valence-electron chi connectivity index (χ1n) is 6.00. The number of ether oxygens (including phenoxy) is 2. The molecule has 0 bridgehead atoms. The normalized spacial score (nSPS) is 14.2. The lowest BCUT2D eigenvalue weighted by atomic mass is 10.1. The maximum absolute atomic E-state index is 11.6. The Morgan fingerprint density at radius 1 is 1.28 bits per heavy atom. The van der Waals surface area contributed by atoms with Gasteiger partial charge in [-0.2, -0.15) is 0 Å². The van der Waals surface area contributed by atoms with E-state index in [0.717, 1.165) is 23.5 Å². The summed E-state index contributed by atoms with van der Waals surface area (Å²) in [5.74, 6) is 1.43. The van der Waals surface area contributed by atoms with Gasteiger partial charge in [-0.3, -0.25) is 10.2 Å². The molecule has 0 unspecified atom stereocenters. The van der Waals surface area contributed by atoms with Gasteiger partial charge in [0.2, 0.25) is 5.91 Å². The van der Waals surface area contributed by atoms with Crippen molar-refractivity contribution in [2.75, 3.05) is 27.3 Å². The van der Waals surface area contributed by atoms with E-state index >= 15 is 0 Å². The minimum absolute atomic E-state index is 0.0468. The zero-order valence-electron chi connectivity index (χ0n) is 10.7. The first-order chi connectivity index (χ1) is 8.65. The molecule has 1 aliphatic rings. The Kier molecular flexibility index (Phi) is 4.04. The van der Waals surface area contributed by atoms with Crippen LogP contribution in [0.25, 0.3) is 0 Å². The monoisotopic (exact) mass is 250 g/mol. The molecule has 98 valence electrons. The van der Waals surface area contributed by atoms with Crippen LogP contribution in [0.3, 0.4) is 0 Å². The lowest BCUT2D eigenvalue weighted by molar-refractivity contribution is -0.124. The molecule has 0 spiro atoms. The maximum atomic E-state index is 11.6. The van der Waals surface area contributed by atoms with Crippen molar-refractivity contribution >= 4 is 5.91 Å². The third kappa shape index (κ3) is 3.37. The van der Waals surface area contributed by atoms with Gasteiger partial charge in [-0.25, -0.2) is 5.01 Å². The lowest BCUT2D eigenvalue weighted by Crippen LogP contribution is -2.37. The van der Waals surface area contributed by atoms with Gasteiger partial charge in [-0.05, 0) is 17.7 Å². The molecule has 5 nitrogen and oxygen atoms in total. The zero-order valence-corrected chi connectivity index (χ0v) is 10.7. The molecule has 0 radical (unpaired) electrons. The van der Waals surface area contributed by atoms with Gasteiger partial charge in [0, 0.05) is 20.5 Å². The van der Waals surface area contributed by atoms with Crippen LogP contribution in [-0.2, 0) is 11.2 Å². The van der Waals surface area contributed by atoms with Crippen LogP contribution in [0.4, 0.5) is 0 Å². The number of amides is 1. The molecule has 1 aliphatic heterocycles. The van der Waals surface area contributed by atoms with Gasteiger partial charge in [-0.1, -0.05) is 6.07 Å². The summed E-state index contributed by atoms with van der Waals surface area (Å²) in [4.78, 5) is 11.6. The van der Waals surface area contributed by atoms with Crippen LogP contribution in [0, 0.1) is 0 Å². The fourth-order valence-electron chi connectivity index (χ4n) is 1.79. The van der Waals surface area contributed by atoms with Crippen molar-refractivity contribution < 1.29 is 14.3 Å². The fourth-order valence-corrected chi connectivity index (χ4v) is 1.79. The molecule has 0 fully saturated rings. The number of carbonyl (C=O) groups is 1. The smallest absolute Gasteiger partial charge is 0.238 e. The number of fused-ring (bicyclic) bond motifs is 1. The summed E-state index contributed by atoms with van der Waals surface area (Å²) in [7, 11) is 3.57. The summed E-state index contributed by atoms with van der Waals surface area (Å²) in [6.07, 6.45) is 1.21. The van der Waals surface area contributed by atoms with Gasteiger partial charge >= 0.3 is 0 Å². The summed E-state index contributed by atoms with van der Waals surface area (Å²) < 4.78 is 11.1. The van der Waals surface area contributed by atoms with Gasteiger partial charge in [0.1, 0.15) is 0 Å². The predicted octanol–water partition coefficient (Wildman–Crippen LogP) is 0.983. The number of benzene rings is 1. The highest BCUT2D eigenvalue weighted by atomic mass is 16.5. The van der Waals surface area contributed by atoms with Crippen molar-refractivity contribution in [3.05, 3.63) is 23.8 Å². The summed E-state index contributed by atoms with van der Waals surface area (Å²) >= 11 is 0. The Hall–Kier alpha value is -1.75. The highest BCUT2D eigenvalue weighted by Gasteiger charge is 2.12. The van der Waals surface area contributed by atoms with Crippen LogP contribution in [0.5, 0.6) is 11.5 Å². The largest absolute Gasteiger partial charge is 0.490 e. The number of hydrogen-bond donors (Lipinski definition) is 1. The van der Waals surface area contributed by atoms with E-state index in [-0.39, 0.29) is 5.91 Å². The molecule has 1 aromatic carbocycles. The Bertz CT molecular complexity index is 432. The van der Waals surface area contributed by atoms with E-state index in [9.17, 15) is 4.79 Å². The predicted molar refractivity (Wildman–Crippen MR) is 67.6 cm³/mol. The van der Waals surface area contributed by atoms with E-state index in [2.05, 4.69) is 5.43 Å². The highest BCUT2D eigenvalue weighted by Crippen LogP contribution is 2.30. The van der Waals surface area contributed by atoms with E-state index in [1.165, 1.54) is 0 Å². The van der Waals surface area contributed by atoms with Crippen LogP contribution in [0.1, 0.15) is 12.0 Å². The van der Waals surface area contributed by atoms with Crippen molar-refractivity contribution in [3.8, 4) is 11.5 Å². The van der Waals surface area contributed by atoms with E-state index in [1.807, 2.05) is 18.2 Å². The first-order valence-corrected chi connectivity index (χ1v) is 6.00. The molecule has 5 heteroatoms.